The largest absolute Gasteiger partial charge is 0.337 e. The molecule has 3 heteroatoms. The molecule has 0 aromatic carbocycles. The number of hydrogen-bond acceptors (Lipinski definition) is 2. The molecule has 1 aliphatic rings. The number of carbonyl (C=O) groups excluding carboxylic acids is 1. The van der Waals surface area contributed by atoms with Crippen LogP contribution in [0.3, 0.4) is 0 Å². The number of nitrogens with zero attached hydrogens (tertiary/aromatic N) is 1. The van der Waals surface area contributed by atoms with Gasteiger partial charge in [-0.05, 0) is 39.4 Å². The molecule has 13 heavy (non-hydrogen) atoms. The van der Waals surface area contributed by atoms with Crippen molar-refractivity contribution >= 4 is 17.7 Å². The Bertz CT molecular complexity index is 174. The number of carbonyl (C=O) groups is 1. The summed E-state index contributed by atoms with van der Waals surface area (Å²) in [6.45, 7) is 4.32. The van der Waals surface area contributed by atoms with E-state index in [1.54, 1.807) is 11.8 Å². The van der Waals surface area contributed by atoms with Gasteiger partial charge in [-0.1, -0.05) is 0 Å². The zero-order chi connectivity index (χ0) is 9.84. The van der Waals surface area contributed by atoms with Crippen LogP contribution < -0.4 is 0 Å². The Morgan fingerprint density at radius 3 is 2.38 bits per heavy atom. The van der Waals surface area contributed by atoms with Gasteiger partial charge in [0, 0.05) is 12.1 Å². The van der Waals surface area contributed by atoms with Crippen molar-refractivity contribution in [1.82, 2.24) is 4.90 Å². The van der Waals surface area contributed by atoms with Crippen LogP contribution >= 0.6 is 11.8 Å². The molecule has 0 bridgehead atoms. The second kappa shape index (κ2) is 4.89. The van der Waals surface area contributed by atoms with Crippen molar-refractivity contribution in [3.8, 4) is 0 Å². The van der Waals surface area contributed by atoms with Crippen LogP contribution in [0.25, 0.3) is 0 Å². The second-order valence-electron chi connectivity index (χ2n) is 3.86. The van der Waals surface area contributed by atoms with Gasteiger partial charge in [0.05, 0.1) is 5.75 Å². The maximum absolute atomic E-state index is 11.7. The summed E-state index contributed by atoms with van der Waals surface area (Å²) in [5.74, 6) is 0.946. The van der Waals surface area contributed by atoms with Crippen LogP contribution in [-0.4, -0.2) is 34.9 Å². The van der Waals surface area contributed by atoms with Gasteiger partial charge >= 0.3 is 0 Å². The van der Waals surface area contributed by atoms with Crippen molar-refractivity contribution < 1.29 is 4.79 Å². The van der Waals surface area contributed by atoms with E-state index in [0.29, 0.717) is 23.7 Å². The van der Waals surface area contributed by atoms with Crippen molar-refractivity contribution in [1.29, 1.82) is 0 Å². The van der Waals surface area contributed by atoms with Crippen LogP contribution in [0.15, 0.2) is 0 Å². The highest BCUT2D eigenvalue weighted by atomic mass is 32.2. The lowest BCUT2D eigenvalue weighted by atomic mass is 9.98. The predicted octanol–water partition coefficient (Wildman–Crippen LogP) is 2.14. The van der Waals surface area contributed by atoms with Gasteiger partial charge in [-0.15, -0.1) is 0 Å². The molecule has 76 valence electrons. The van der Waals surface area contributed by atoms with E-state index in [2.05, 4.69) is 18.7 Å². The molecule has 0 aliphatic carbocycles. The molecule has 0 aromatic heterocycles. The molecule has 1 saturated heterocycles. The minimum absolute atomic E-state index is 0.312. The topological polar surface area (TPSA) is 20.3 Å². The van der Waals surface area contributed by atoms with Crippen LogP contribution in [0.2, 0.25) is 0 Å². The van der Waals surface area contributed by atoms with Gasteiger partial charge in [-0.3, -0.25) is 4.79 Å². The first kappa shape index (κ1) is 10.9. The van der Waals surface area contributed by atoms with E-state index < -0.39 is 0 Å². The molecule has 1 heterocycles. The Hall–Kier alpha value is -0.180. The summed E-state index contributed by atoms with van der Waals surface area (Å²) in [5.41, 5.74) is 0. The summed E-state index contributed by atoms with van der Waals surface area (Å²) in [7, 11) is 0. The smallest absolute Gasteiger partial charge is 0.233 e. The fourth-order valence-electron chi connectivity index (χ4n) is 2.11. The Kier molecular flexibility index (Phi) is 4.10. The number of thioether (sulfide) groups is 1. The molecule has 0 radical (unpaired) electrons. The van der Waals surface area contributed by atoms with Gasteiger partial charge in [-0.2, -0.15) is 11.8 Å². The zero-order valence-corrected chi connectivity index (χ0v) is 9.56. The van der Waals surface area contributed by atoms with Gasteiger partial charge < -0.3 is 4.90 Å². The molecule has 1 amide bonds. The van der Waals surface area contributed by atoms with E-state index in [4.69, 9.17) is 0 Å². The third kappa shape index (κ3) is 2.63. The lowest BCUT2D eigenvalue weighted by Crippen LogP contribution is -2.48. The molecule has 2 atom stereocenters. The number of hydrogen-bond donors (Lipinski definition) is 0. The molecule has 1 fully saturated rings. The monoisotopic (exact) mass is 201 g/mol. The fraction of sp³-hybridized carbons (Fsp3) is 0.900. The first-order chi connectivity index (χ1) is 6.16. The van der Waals surface area contributed by atoms with Crippen molar-refractivity contribution in [3.05, 3.63) is 0 Å². The van der Waals surface area contributed by atoms with Crippen LogP contribution in [0, 0.1) is 0 Å². The van der Waals surface area contributed by atoms with Crippen molar-refractivity contribution in [3.63, 3.8) is 0 Å². The molecule has 0 N–H and O–H groups in total. The highest BCUT2D eigenvalue weighted by Gasteiger charge is 2.27. The quantitative estimate of drug-likeness (QED) is 0.682. The van der Waals surface area contributed by atoms with Crippen molar-refractivity contribution in [2.45, 2.75) is 45.2 Å². The summed E-state index contributed by atoms with van der Waals surface area (Å²) in [6.07, 6.45) is 5.59. The van der Waals surface area contributed by atoms with E-state index in [0.717, 1.165) is 0 Å². The third-order valence-electron chi connectivity index (χ3n) is 2.75. The molecule has 1 rings (SSSR count). The summed E-state index contributed by atoms with van der Waals surface area (Å²) >= 11 is 1.62. The first-order valence-electron chi connectivity index (χ1n) is 4.97. The van der Waals surface area contributed by atoms with Gasteiger partial charge in [0.2, 0.25) is 5.91 Å². The number of piperidine rings is 1. The third-order valence-corrected chi connectivity index (χ3v) is 3.28. The Balaban J connectivity index is 2.57. The van der Waals surface area contributed by atoms with E-state index in [1.165, 1.54) is 19.3 Å². The number of amides is 1. The minimum Gasteiger partial charge on any atom is -0.337 e. The van der Waals surface area contributed by atoms with Crippen LogP contribution in [0.4, 0.5) is 0 Å². The summed E-state index contributed by atoms with van der Waals surface area (Å²) < 4.78 is 0. The highest BCUT2D eigenvalue weighted by molar-refractivity contribution is 7.99. The molecule has 2 nitrogen and oxygen atoms in total. The van der Waals surface area contributed by atoms with Gasteiger partial charge in [0.15, 0.2) is 0 Å². The molecule has 0 aromatic rings. The van der Waals surface area contributed by atoms with Gasteiger partial charge in [0.1, 0.15) is 0 Å². The molecular weight excluding hydrogens is 182 g/mol. The van der Waals surface area contributed by atoms with Crippen molar-refractivity contribution in [2.75, 3.05) is 12.0 Å². The Morgan fingerprint density at radius 2 is 1.92 bits per heavy atom. The second-order valence-corrected chi connectivity index (χ2v) is 4.73. The Morgan fingerprint density at radius 1 is 1.38 bits per heavy atom. The average Bonchev–Trinajstić information content (AvgIpc) is 2.04. The average molecular weight is 201 g/mol. The summed E-state index contributed by atoms with van der Waals surface area (Å²) in [4.78, 5) is 13.8. The van der Waals surface area contributed by atoms with Crippen LogP contribution in [0.5, 0.6) is 0 Å². The van der Waals surface area contributed by atoms with E-state index in [1.807, 2.05) is 6.26 Å². The minimum atomic E-state index is 0.312. The molecule has 1 aliphatic heterocycles. The number of likely N-dealkylation sites (tertiary alicyclic amines) is 1. The SMILES string of the molecule is CSCC(=O)N1[C@H](C)CCC[C@@H]1C. The zero-order valence-electron chi connectivity index (χ0n) is 8.75. The number of rotatable bonds is 2. The standard InChI is InChI=1S/C10H19NOS/c1-8-5-4-6-9(2)11(8)10(12)7-13-3/h8-9H,4-7H2,1-3H3/t8-,9+. The summed E-state index contributed by atoms with van der Waals surface area (Å²) in [6, 6.07) is 0.895. The van der Waals surface area contributed by atoms with E-state index >= 15 is 0 Å². The fourth-order valence-corrected chi connectivity index (χ4v) is 2.51. The lowest BCUT2D eigenvalue weighted by Gasteiger charge is -2.39. The first-order valence-corrected chi connectivity index (χ1v) is 6.36. The summed E-state index contributed by atoms with van der Waals surface area (Å²) in [5, 5.41) is 0. The molecule has 0 saturated carbocycles. The van der Waals surface area contributed by atoms with E-state index in [-0.39, 0.29) is 0 Å². The highest BCUT2D eigenvalue weighted by Crippen LogP contribution is 2.22. The Labute approximate surface area is 85.1 Å². The van der Waals surface area contributed by atoms with Crippen LogP contribution in [0.1, 0.15) is 33.1 Å². The predicted molar refractivity (Wildman–Crippen MR) is 58.0 cm³/mol. The normalized spacial score (nSPS) is 29.0. The molecule has 0 unspecified atom stereocenters. The molecule has 0 spiro atoms. The maximum Gasteiger partial charge on any atom is 0.233 e. The van der Waals surface area contributed by atoms with E-state index in [9.17, 15) is 4.79 Å². The van der Waals surface area contributed by atoms with Crippen LogP contribution in [-0.2, 0) is 4.79 Å². The lowest BCUT2D eigenvalue weighted by molar-refractivity contribution is -0.134. The molecular formula is C10H19NOS. The van der Waals surface area contributed by atoms with Gasteiger partial charge in [0.25, 0.3) is 0 Å². The van der Waals surface area contributed by atoms with Gasteiger partial charge in [-0.25, -0.2) is 0 Å². The maximum atomic E-state index is 11.7. The van der Waals surface area contributed by atoms with Crippen molar-refractivity contribution in [2.24, 2.45) is 0 Å².